The molecule has 1 aromatic heterocycles. The highest BCUT2D eigenvalue weighted by molar-refractivity contribution is 5.79. The van der Waals surface area contributed by atoms with E-state index in [0.717, 1.165) is 23.2 Å². The van der Waals surface area contributed by atoms with Gasteiger partial charge < -0.3 is 14.5 Å². The molecule has 2 heterocycles. The Kier molecular flexibility index (Phi) is 3.74. The van der Waals surface area contributed by atoms with Crippen molar-refractivity contribution in [2.75, 3.05) is 13.2 Å². The van der Waals surface area contributed by atoms with Gasteiger partial charge in [-0.3, -0.25) is 4.79 Å². The van der Waals surface area contributed by atoms with Crippen molar-refractivity contribution in [3.8, 4) is 0 Å². The number of furan rings is 1. The lowest BCUT2D eigenvalue weighted by Crippen LogP contribution is -2.38. The van der Waals surface area contributed by atoms with Crippen LogP contribution >= 0.6 is 0 Å². The zero-order valence-electron chi connectivity index (χ0n) is 11.6. The van der Waals surface area contributed by atoms with Crippen molar-refractivity contribution in [3.05, 3.63) is 36.1 Å². The van der Waals surface area contributed by atoms with Gasteiger partial charge in [-0.15, -0.1) is 0 Å². The van der Waals surface area contributed by atoms with Gasteiger partial charge in [-0.25, -0.2) is 0 Å². The third-order valence-corrected chi connectivity index (χ3v) is 3.67. The van der Waals surface area contributed by atoms with Crippen LogP contribution in [0.25, 0.3) is 11.0 Å². The van der Waals surface area contributed by atoms with Crippen molar-refractivity contribution in [1.82, 2.24) is 5.32 Å². The summed E-state index contributed by atoms with van der Waals surface area (Å²) in [5.41, 5.74) is 0.894. The minimum atomic E-state index is 0.00752. The topological polar surface area (TPSA) is 51.5 Å². The van der Waals surface area contributed by atoms with Gasteiger partial charge >= 0.3 is 0 Å². The largest absolute Gasteiger partial charge is 0.461 e. The molecular formula is C16H19NO3. The van der Waals surface area contributed by atoms with E-state index in [4.69, 9.17) is 9.15 Å². The number of nitrogens with one attached hydrogen (secondary N) is 1. The number of benzene rings is 1. The minimum Gasteiger partial charge on any atom is -0.461 e. The quantitative estimate of drug-likeness (QED) is 0.931. The summed E-state index contributed by atoms with van der Waals surface area (Å²) in [6, 6.07) is 10.0. The second kappa shape index (κ2) is 5.67. The lowest BCUT2D eigenvalue weighted by atomic mass is 10.1. The third-order valence-electron chi connectivity index (χ3n) is 3.67. The van der Waals surface area contributed by atoms with Crippen LogP contribution in [0.3, 0.4) is 0 Å². The van der Waals surface area contributed by atoms with Gasteiger partial charge in [-0.05, 0) is 25.5 Å². The van der Waals surface area contributed by atoms with Crippen LogP contribution in [0.4, 0.5) is 0 Å². The number of hydrogen-bond donors (Lipinski definition) is 1. The highest BCUT2D eigenvalue weighted by Crippen LogP contribution is 2.20. The van der Waals surface area contributed by atoms with E-state index < -0.39 is 0 Å². The number of rotatable bonds is 4. The molecule has 2 aromatic rings. The first-order valence-corrected chi connectivity index (χ1v) is 7.08. The highest BCUT2D eigenvalue weighted by Gasteiger charge is 2.24. The van der Waals surface area contributed by atoms with Crippen molar-refractivity contribution < 1.29 is 13.9 Å². The van der Waals surface area contributed by atoms with Crippen molar-refractivity contribution in [2.45, 2.75) is 25.8 Å². The molecule has 1 amide bonds. The molecule has 0 radical (unpaired) electrons. The molecule has 0 aliphatic carbocycles. The van der Waals surface area contributed by atoms with Gasteiger partial charge in [0.25, 0.3) is 0 Å². The van der Waals surface area contributed by atoms with E-state index in [1.807, 2.05) is 37.3 Å². The number of ether oxygens (including phenoxy) is 1. The minimum absolute atomic E-state index is 0.00752. The second-order valence-electron chi connectivity index (χ2n) is 5.42. The lowest BCUT2D eigenvalue weighted by Gasteiger charge is -2.15. The van der Waals surface area contributed by atoms with Crippen LogP contribution in [0.2, 0.25) is 0 Å². The SMILES string of the molecule is C[C@@H](Cc1cc2ccccc2o1)NC(=O)[C@@H]1CCOC1. The van der Waals surface area contributed by atoms with Crippen LogP contribution in [0, 0.1) is 5.92 Å². The van der Waals surface area contributed by atoms with Crippen LogP contribution in [-0.2, 0) is 16.0 Å². The molecule has 4 nitrogen and oxygen atoms in total. The van der Waals surface area contributed by atoms with Crippen molar-refractivity contribution in [1.29, 1.82) is 0 Å². The van der Waals surface area contributed by atoms with Gasteiger partial charge in [0.05, 0.1) is 12.5 Å². The van der Waals surface area contributed by atoms with Crippen LogP contribution in [0.1, 0.15) is 19.1 Å². The van der Waals surface area contributed by atoms with E-state index in [0.29, 0.717) is 19.6 Å². The van der Waals surface area contributed by atoms with E-state index >= 15 is 0 Å². The monoisotopic (exact) mass is 273 g/mol. The zero-order valence-corrected chi connectivity index (χ0v) is 11.6. The molecular weight excluding hydrogens is 254 g/mol. The molecule has 1 aromatic carbocycles. The lowest BCUT2D eigenvalue weighted by molar-refractivity contribution is -0.125. The molecule has 3 rings (SSSR count). The van der Waals surface area contributed by atoms with Crippen molar-refractivity contribution >= 4 is 16.9 Å². The van der Waals surface area contributed by atoms with E-state index in [1.165, 1.54) is 0 Å². The first-order chi connectivity index (χ1) is 9.72. The summed E-state index contributed by atoms with van der Waals surface area (Å²) < 4.78 is 11.0. The molecule has 106 valence electrons. The summed E-state index contributed by atoms with van der Waals surface area (Å²) in [6.07, 6.45) is 1.52. The summed E-state index contributed by atoms with van der Waals surface area (Å²) in [4.78, 5) is 12.0. The molecule has 2 atom stereocenters. The van der Waals surface area contributed by atoms with Gasteiger partial charge in [0.15, 0.2) is 0 Å². The summed E-state index contributed by atoms with van der Waals surface area (Å²) in [5.74, 6) is 1.00. The van der Waals surface area contributed by atoms with Gasteiger partial charge in [-0.2, -0.15) is 0 Å². The maximum absolute atomic E-state index is 12.0. The van der Waals surface area contributed by atoms with Gasteiger partial charge in [0.1, 0.15) is 11.3 Å². The fraction of sp³-hybridized carbons (Fsp3) is 0.438. The standard InChI is InChI=1S/C16H19NO3/c1-11(17-16(18)13-6-7-19-10-13)8-14-9-12-4-2-3-5-15(12)20-14/h2-5,9,11,13H,6-8,10H2,1H3,(H,17,18)/t11-,13+/m0/s1. The molecule has 1 fully saturated rings. The van der Waals surface area contributed by atoms with E-state index in [-0.39, 0.29) is 17.9 Å². The average Bonchev–Trinajstić information content (AvgIpc) is 3.07. The molecule has 1 aliphatic heterocycles. The normalized spacial score (nSPS) is 20.1. The Morgan fingerprint density at radius 1 is 1.45 bits per heavy atom. The Labute approximate surface area is 118 Å². The summed E-state index contributed by atoms with van der Waals surface area (Å²) in [5, 5.41) is 4.14. The van der Waals surface area contributed by atoms with Crippen LogP contribution in [0.5, 0.6) is 0 Å². The van der Waals surface area contributed by atoms with Crippen molar-refractivity contribution in [2.24, 2.45) is 5.92 Å². The van der Waals surface area contributed by atoms with E-state index in [2.05, 4.69) is 5.32 Å². The summed E-state index contributed by atoms with van der Waals surface area (Å²) in [7, 11) is 0. The zero-order chi connectivity index (χ0) is 13.9. The first-order valence-electron chi connectivity index (χ1n) is 7.08. The fourth-order valence-corrected chi connectivity index (χ4v) is 2.59. The van der Waals surface area contributed by atoms with E-state index in [9.17, 15) is 4.79 Å². The average molecular weight is 273 g/mol. The number of hydrogen-bond acceptors (Lipinski definition) is 3. The Morgan fingerprint density at radius 2 is 2.30 bits per heavy atom. The number of carbonyl (C=O) groups is 1. The fourth-order valence-electron chi connectivity index (χ4n) is 2.59. The first kappa shape index (κ1) is 13.2. The molecule has 0 spiro atoms. The van der Waals surface area contributed by atoms with Gasteiger partial charge in [0, 0.05) is 24.5 Å². The van der Waals surface area contributed by atoms with Crippen LogP contribution in [-0.4, -0.2) is 25.2 Å². The molecule has 0 saturated carbocycles. The molecule has 0 bridgehead atoms. The third kappa shape index (κ3) is 2.85. The Balaban J connectivity index is 1.60. The summed E-state index contributed by atoms with van der Waals surface area (Å²) in [6.45, 7) is 3.24. The number of para-hydroxylation sites is 1. The highest BCUT2D eigenvalue weighted by atomic mass is 16.5. The molecule has 1 saturated heterocycles. The molecule has 1 N–H and O–H groups in total. The molecule has 4 heteroatoms. The van der Waals surface area contributed by atoms with Crippen LogP contribution < -0.4 is 5.32 Å². The molecule has 0 unspecified atom stereocenters. The van der Waals surface area contributed by atoms with Gasteiger partial charge in [-0.1, -0.05) is 18.2 Å². The predicted molar refractivity (Wildman–Crippen MR) is 76.4 cm³/mol. The number of fused-ring (bicyclic) bond motifs is 1. The van der Waals surface area contributed by atoms with Crippen LogP contribution in [0.15, 0.2) is 34.7 Å². The van der Waals surface area contributed by atoms with E-state index in [1.54, 1.807) is 0 Å². The Morgan fingerprint density at radius 3 is 3.05 bits per heavy atom. The van der Waals surface area contributed by atoms with Gasteiger partial charge in [0.2, 0.25) is 5.91 Å². The molecule has 20 heavy (non-hydrogen) atoms. The Bertz CT molecular complexity index is 566. The maximum atomic E-state index is 12.0. The Hall–Kier alpha value is -1.81. The second-order valence-corrected chi connectivity index (χ2v) is 5.42. The predicted octanol–water partition coefficient (Wildman–Crippen LogP) is 2.52. The number of carbonyl (C=O) groups excluding carboxylic acids is 1. The molecule has 1 aliphatic rings. The number of amides is 1. The maximum Gasteiger partial charge on any atom is 0.225 e. The van der Waals surface area contributed by atoms with Crippen molar-refractivity contribution in [3.63, 3.8) is 0 Å². The smallest absolute Gasteiger partial charge is 0.225 e. The summed E-state index contributed by atoms with van der Waals surface area (Å²) >= 11 is 0.